The topological polar surface area (TPSA) is 83.9 Å². The molecular formula is C31H30N4O3S. The molecule has 7 nitrogen and oxygen atoms in total. The average molecular weight is 539 g/mol. The first-order chi connectivity index (χ1) is 18.9. The van der Waals surface area contributed by atoms with Gasteiger partial charge in [0.15, 0.2) is 5.17 Å². The van der Waals surface area contributed by atoms with Crippen molar-refractivity contribution in [2.24, 2.45) is 4.99 Å². The normalized spacial score (nSPS) is 16.4. The highest BCUT2D eigenvalue weighted by Crippen LogP contribution is 2.45. The molecule has 1 unspecified atom stereocenters. The van der Waals surface area contributed by atoms with E-state index in [2.05, 4.69) is 22.4 Å². The van der Waals surface area contributed by atoms with E-state index in [-0.39, 0.29) is 18.9 Å². The lowest BCUT2D eigenvalue weighted by atomic mass is 9.90. The number of aromatic nitrogens is 1. The van der Waals surface area contributed by atoms with Crippen molar-refractivity contribution in [1.29, 1.82) is 0 Å². The molecule has 1 N–H and O–H groups in total. The number of carbonyl (C=O) groups excluding carboxylic acids is 2. The Morgan fingerprint density at radius 2 is 1.77 bits per heavy atom. The van der Waals surface area contributed by atoms with Gasteiger partial charge in [-0.2, -0.15) is 0 Å². The lowest BCUT2D eigenvalue weighted by Crippen LogP contribution is -2.38. The highest BCUT2D eigenvalue weighted by Gasteiger charge is 2.41. The number of fused-ring (bicyclic) bond motifs is 1. The van der Waals surface area contributed by atoms with Crippen molar-refractivity contribution in [2.45, 2.75) is 46.4 Å². The van der Waals surface area contributed by atoms with Crippen LogP contribution in [0.1, 0.15) is 47.2 Å². The zero-order valence-corrected chi connectivity index (χ0v) is 23.0. The van der Waals surface area contributed by atoms with Crippen LogP contribution in [-0.2, 0) is 27.5 Å². The van der Waals surface area contributed by atoms with Crippen LogP contribution >= 0.6 is 11.8 Å². The zero-order valence-electron chi connectivity index (χ0n) is 22.2. The standard InChI is InChI=1S/C31H30N4O3S/c1-20-9-10-26(21(2)15-20)29-28(30(37)38-18-24-7-5-4-6-8-24)22(3)34-31-35(29)25(19-39-31)16-27(36)33-17-23-11-13-32-14-12-23/h4-15,19,29H,16-18H2,1-3H3,(H,33,36). The van der Waals surface area contributed by atoms with Crippen molar-refractivity contribution < 1.29 is 14.3 Å². The first-order valence-electron chi connectivity index (χ1n) is 12.8. The number of hydrogen-bond acceptors (Lipinski definition) is 7. The third kappa shape index (κ3) is 5.96. The molecule has 2 aliphatic rings. The molecule has 3 heterocycles. The van der Waals surface area contributed by atoms with E-state index in [1.54, 1.807) is 12.4 Å². The summed E-state index contributed by atoms with van der Waals surface area (Å²) in [6, 6.07) is 19.1. The van der Waals surface area contributed by atoms with Gasteiger partial charge in [-0.25, -0.2) is 9.79 Å². The number of amides is 1. The van der Waals surface area contributed by atoms with E-state index in [0.29, 0.717) is 17.8 Å². The minimum atomic E-state index is -0.462. The summed E-state index contributed by atoms with van der Waals surface area (Å²) in [5, 5.41) is 5.68. The summed E-state index contributed by atoms with van der Waals surface area (Å²) < 4.78 is 5.80. The molecule has 0 radical (unpaired) electrons. The number of carbonyl (C=O) groups is 2. The highest BCUT2D eigenvalue weighted by atomic mass is 32.2. The lowest BCUT2D eigenvalue weighted by Gasteiger charge is -2.37. The van der Waals surface area contributed by atoms with Gasteiger partial charge in [0.1, 0.15) is 6.61 Å². The minimum absolute atomic E-state index is 0.112. The Morgan fingerprint density at radius 3 is 2.51 bits per heavy atom. The summed E-state index contributed by atoms with van der Waals surface area (Å²) in [5.41, 5.74) is 6.94. The number of esters is 1. The number of pyridine rings is 1. The Morgan fingerprint density at radius 1 is 1.00 bits per heavy atom. The summed E-state index contributed by atoms with van der Waals surface area (Å²) in [6.07, 6.45) is 3.56. The largest absolute Gasteiger partial charge is 0.457 e. The zero-order chi connectivity index (χ0) is 27.4. The molecule has 0 saturated heterocycles. The van der Waals surface area contributed by atoms with Crippen LogP contribution in [0.2, 0.25) is 0 Å². The van der Waals surface area contributed by atoms with E-state index < -0.39 is 12.0 Å². The maximum atomic E-state index is 13.6. The molecule has 0 bridgehead atoms. The first kappa shape index (κ1) is 26.4. The van der Waals surface area contributed by atoms with E-state index in [1.807, 2.05) is 79.6 Å². The van der Waals surface area contributed by atoms with E-state index in [9.17, 15) is 9.59 Å². The second kappa shape index (κ2) is 11.7. The molecule has 39 heavy (non-hydrogen) atoms. The highest BCUT2D eigenvalue weighted by molar-refractivity contribution is 8.16. The summed E-state index contributed by atoms with van der Waals surface area (Å²) in [5.74, 6) is -0.527. The van der Waals surface area contributed by atoms with E-state index in [1.165, 1.54) is 11.8 Å². The predicted octanol–water partition coefficient (Wildman–Crippen LogP) is 5.72. The number of allylic oxidation sites excluding steroid dienone is 1. The molecular weight excluding hydrogens is 508 g/mol. The van der Waals surface area contributed by atoms with Crippen molar-refractivity contribution in [2.75, 3.05) is 0 Å². The van der Waals surface area contributed by atoms with Crippen LogP contribution in [0.15, 0.2) is 100 Å². The quantitative estimate of drug-likeness (QED) is 0.369. The van der Waals surface area contributed by atoms with Crippen molar-refractivity contribution in [1.82, 2.24) is 15.2 Å². The van der Waals surface area contributed by atoms with Crippen molar-refractivity contribution >= 4 is 28.8 Å². The molecule has 0 spiro atoms. The number of benzene rings is 2. The second-order valence-corrected chi connectivity index (χ2v) is 10.5. The van der Waals surface area contributed by atoms with Gasteiger partial charge < -0.3 is 15.0 Å². The molecule has 1 amide bonds. The van der Waals surface area contributed by atoms with Crippen molar-refractivity contribution in [3.63, 3.8) is 0 Å². The fourth-order valence-corrected chi connectivity index (χ4v) is 5.75. The smallest absolute Gasteiger partial charge is 0.338 e. The SMILES string of the molecule is CC1=C(C(=O)OCc2ccccc2)C(c2ccc(C)cc2C)N2C(CC(=O)NCc3ccncc3)=CSC2=N1. The number of thioether (sulfide) groups is 1. The van der Waals surface area contributed by atoms with Gasteiger partial charge in [-0.05, 0) is 60.6 Å². The van der Waals surface area contributed by atoms with Crippen LogP contribution in [-0.4, -0.2) is 26.9 Å². The summed E-state index contributed by atoms with van der Waals surface area (Å²) in [4.78, 5) is 37.4. The molecule has 1 atom stereocenters. The molecule has 0 fully saturated rings. The van der Waals surface area contributed by atoms with Crippen LogP contribution in [0, 0.1) is 13.8 Å². The fraction of sp³-hybridized carbons (Fsp3) is 0.226. The Kier molecular flexibility index (Phi) is 7.93. The van der Waals surface area contributed by atoms with Gasteiger partial charge in [0, 0.05) is 24.6 Å². The lowest BCUT2D eigenvalue weighted by molar-refractivity contribution is -0.141. The number of rotatable bonds is 8. The number of ether oxygens (including phenoxy) is 1. The van der Waals surface area contributed by atoms with Crippen LogP contribution in [0.25, 0.3) is 0 Å². The molecule has 2 aromatic carbocycles. The summed E-state index contributed by atoms with van der Waals surface area (Å²) in [7, 11) is 0. The fourth-order valence-electron chi connectivity index (χ4n) is 4.79. The first-order valence-corrected chi connectivity index (χ1v) is 13.7. The van der Waals surface area contributed by atoms with E-state index in [4.69, 9.17) is 9.73 Å². The maximum absolute atomic E-state index is 13.6. The number of hydrogen-bond donors (Lipinski definition) is 1. The summed E-state index contributed by atoms with van der Waals surface area (Å²) in [6.45, 7) is 6.52. The van der Waals surface area contributed by atoms with Crippen LogP contribution < -0.4 is 5.32 Å². The van der Waals surface area contributed by atoms with Gasteiger partial charge in [0.2, 0.25) is 5.91 Å². The number of aliphatic imine (C=N–C) groups is 1. The van der Waals surface area contributed by atoms with E-state index >= 15 is 0 Å². The van der Waals surface area contributed by atoms with Gasteiger partial charge in [-0.1, -0.05) is 65.9 Å². The molecule has 198 valence electrons. The number of aryl methyl sites for hydroxylation is 2. The van der Waals surface area contributed by atoms with Crippen LogP contribution in [0.3, 0.4) is 0 Å². The molecule has 5 rings (SSSR count). The van der Waals surface area contributed by atoms with Crippen molar-refractivity contribution in [3.05, 3.63) is 123 Å². The summed E-state index contributed by atoms with van der Waals surface area (Å²) >= 11 is 1.47. The predicted molar refractivity (Wildman–Crippen MR) is 153 cm³/mol. The molecule has 3 aromatic rings. The van der Waals surface area contributed by atoms with Gasteiger partial charge in [-0.15, -0.1) is 0 Å². The minimum Gasteiger partial charge on any atom is -0.457 e. The molecule has 0 aliphatic carbocycles. The number of amidine groups is 1. The van der Waals surface area contributed by atoms with Crippen LogP contribution in [0.5, 0.6) is 0 Å². The van der Waals surface area contributed by atoms with Gasteiger partial charge in [0.05, 0.1) is 23.7 Å². The van der Waals surface area contributed by atoms with Gasteiger partial charge >= 0.3 is 5.97 Å². The molecule has 8 heteroatoms. The Labute approximate surface area is 232 Å². The van der Waals surface area contributed by atoms with E-state index in [0.717, 1.165) is 38.7 Å². The maximum Gasteiger partial charge on any atom is 0.338 e. The van der Waals surface area contributed by atoms with Crippen molar-refractivity contribution in [3.8, 4) is 0 Å². The van der Waals surface area contributed by atoms with Crippen LogP contribution in [0.4, 0.5) is 0 Å². The third-order valence-corrected chi connectivity index (χ3v) is 7.62. The Bertz CT molecular complexity index is 1480. The molecule has 0 saturated carbocycles. The number of nitrogens with one attached hydrogen (secondary N) is 1. The monoisotopic (exact) mass is 538 g/mol. The van der Waals surface area contributed by atoms with Gasteiger partial charge in [0.25, 0.3) is 0 Å². The average Bonchev–Trinajstić information content (AvgIpc) is 3.33. The third-order valence-electron chi connectivity index (χ3n) is 6.73. The Balaban J connectivity index is 1.43. The molecule has 1 aromatic heterocycles. The molecule has 2 aliphatic heterocycles. The van der Waals surface area contributed by atoms with Gasteiger partial charge in [-0.3, -0.25) is 9.78 Å². The number of nitrogens with zero attached hydrogens (tertiary/aromatic N) is 3. The second-order valence-electron chi connectivity index (χ2n) is 9.62. The Hall–Kier alpha value is -4.17.